The summed E-state index contributed by atoms with van der Waals surface area (Å²) in [5.41, 5.74) is 8.98. The third kappa shape index (κ3) is 4.96. The maximum atomic E-state index is 11.5. The van der Waals surface area contributed by atoms with Crippen LogP contribution in [0.1, 0.15) is 36.0 Å². The summed E-state index contributed by atoms with van der Waals surface area (Å²) in [6.07, 6.45) is 2.36. The van der Waals surface area contributed by atoms with Crippen LogP contribution in [0.4, 0.5) is 0 Å². The van der Waals surface area contributed by atoms with Crippen LogP contribution in [0.5, 0.6) is 0 Å². The van der Waals surface area contributed by atoms with Gasteiger partial charge < -0.3 is 10.5 Å². The van der Waals surface area contributed by atoms with Gasteiger partial charge in [0.1, 0.15) is 6.04 Å². The van der Waals surface area contributed by atoms with E-state index in [-0.39, 0.29) is 5.97 Å². The van der Waals surface area contributed by atoms with E-state index in [2.05, 4.69) is 78.1 Å². The topological polar surface area (TPSA) is 64.3 Å². The van der Waals surface area contributed by atoms with Gasteiger partial charge in [-0.05, 0) is 36.1 Å². The van der Waals surface area contributed by atoms with Crippen LogP contribution in [0, 0.1) is 0 Å². The van der Waals surface area contributed by atoms with Gasteiger partial charge in [-0.1, -0.05) is 97.4 Å². The quantitative estimate of drug-likeness (QED) is 0.302. The van der Waals surface area contributed by atoms with Gasteiger partial charge in [0.25, 0.3) is 0 Å². The van der Waals surface area contributed by atoms with Gasteiger partial charge in [0.05, 0.1) is 12.6 Å². The van der Waals surface area contributed by atoms with Crippen LogP contribution < -0.4 is 11.1 Å². The number of rotatable bonds is 10. The van der Waals surface area contributed by atoms with Gasteiger partial charge in [0, 0.05) is 0 Å². The minimum Gasteiger partial charge on any atom is -0.468 e. The molecular weight excluding hydrogens is 372 g/mol. The molecule has 0 heterocycles. The summed E-state index contributed by atoms with van der Waals surface area (Å²) >= 11 is 0. The summed E-state index contributed by atoms with van der Waals surface area (Å²) < 4.78 is 4.72. The van der Waals surface area contributed by atoms with Crippen molar-refractivity contribution in [3.8, 4) is 0 Å². The molecule has 4 heteroatoms. The van der Waals surface area contributed by atoms with Crippen molar-refractivity contribution in [1.82, 2.24) is 5.32 Å². The second-order valence-corrected chi connectivity index (χ2v) is 7.40. The zero-order chi connectivity index (χ0) is 21.2. The van der Waals surface area contributed by atoms with Crippen molar-refractivity contribution in [3.05, 3.63) is 108 Å². The minimum atomic E-state index is -0.558. The molecule has 3 N–H and O–H groups in total. The van der Waals surface area contributed by atoms with Crippen LogP contribution in [0.3, 0.4) is 0 Å². The normalized spacial score (nSPS) is 12.3. The summed E-state index contributed by atoms with van der Waals surface area (Å²) in [5, 5.41) is 3.84. The first-order valence-electron chi connectivity index (χ1n) is 10.4. The van der Waals surface area contributed by atoms with E-state index in [9.17, 15) is 4.79 Å². The van der Waals surface area contributed by atoms with Crippen molar-refractivity contribution in [2.45, 2.75) is 30.8 Å². The molecule has 0 saturated heterocycles. The molecule has 0 aromatic heterocycles. The van der Waals surface area contributed by atoms with E-state index < -0.39 is 11.6 Å². The number of unbranched alkanes of at least 4 members (excludes halogenated alkanes) is 1. The molecule has 0 aliphatic rings. The Labute approximate surface area is 179 Å². The largest absolute Gasteiger partial charge is 0.468 e. The van der Waals surface area contributed by atoms with Gasteiger partial charge >= 0.3 is 5.97 Å². The highest BCUT2D eigenvalue weighted by atomic mass is 16.5. The second-order valence-electron chi connectivity index (χ2n) is 7.40. The van der Waals surface area contributed by atoms with E-state index >= 15 is 0 Å². The molecule has 3 aromatic carbocycles. The Hall–Kier alpha value is -2.95. The Balaban J connectivity index is 1.87. The van der Waals surface area contributed by atoms with E-state index in [0.29, 0.717) is 6.42 Å². The first-order valence-corrected chi connectivity index (χ1v) is 10.4. The van der Waals surface area contributed by atoms with Crippen LogP contribution in [-0.4, -0.2) is 25.7 Å². The Morgan fingerprint density at radius 3 is 1.67 bits per heavy atom. The average molecular weight is 403 g/mol. The minimum absolute atomic E-state index is 0.352. The Kier molecular flexibility index (Phi) is 7.77. The number of carbonyl (C=O) groups excluding carboxylic acids is 1. The second kappa shape index (κ2) is 10.7. The number of carbonyl (C=O) groups is 1. The molecule has 4 nitrogen and oxygen atoms in total. The van der Waals surface area contributed by atoms with Crippen LogP contribution in [-0.2, 0) is 15.1 Å². The van der Waals surface area contributed by atoms with Crippen molar-refractivity contribution in [2.75, 3.05) is 13.7 Å². The smallest absolute Gasteiger partial charge is 0.322 e. The number of nitrogens with two attached hydrogens (primary N) is 1. The third-order valence-corrected chi connectivity index (χ3v) is 5.46. The maximum absolute atomic E-state index is 11.5. The average Bonchev–Trinajstić information content (AvgIpc) is 2.82. The highest BCUT2D eigenvalue weighted by Gasteiger charge is 2.35. The van der Waals surface area contributed by atoms with E-state index in [1.165, 1.54) is 23.8 Å². The van der Waals surface area contributed by atoms with Gasteiger partial charge in [0.2, 0.25) is 0 Å². The Bertz CT molecular complexity index is 801. The fourth-order valence-electron chi connectivity index (χ4n) is 3.91. The molecule has 0 saturated carbocycles. The molecule has 0 amide bonds. The number of ether oxygens (including phenoxy) is 1. The fourth-order valence-corrected chi connectivity index (χ4v) is 3.91. The molecule has 0 fully saturated rings. The SMILES string of the molecule is COC(=O)C(N)CCCCNC(c1ccccc1)(c1ccccc1)c1ccccc1. The van der Waals surface area contributed by atoms with E-state index in [1.54, 1.807) is 0 Å². The van der Waals surface area contributed by atoms with Crippen LogP contribution in [0.25, 0.3) is 0 Å². The summed E-state index contributed by atoms with van der Waals surface area (Å²) in [5.74, 6) is -0.352. The first-order chi connectivity index (χ1) is 14.7. The van der Waals surface area contributed by atoms with Crippen molar-refractivity contribution in [3.63, 3.8) is 0 Å². The van der Waals surface area contributed by atoms with Crippen molar-refractivity contribution in [2.24, 2.45) is 5.73 Å². The summed E-state index contributed by atoms with van der Waals surface area (Å²) in [7, 11) is 1.37. The molecular formula is C26H30N2O2. The lowest BCUT2D eigenvalue weighted by molar-refractivity contribution is -0.142. The van der Waals surface area contributed by atoms with Gasteiger partial charge in [-0.25, -0.2) is 0 Å². The highest BCUT2D eigenvalue weighted by molar-refractivity contribution is 5.75. The van der Waals surface area contributed by atoms with Gasteiger partial charge in [0.15, 0.2) is 0 Å². The molecule has 30 heavy (non-hydrogen) atoms. The third-order valence-electron chi connectivity index (χ3n) is 5.46. The van der Waals surface area contributed by atoms with Crippen LogP contribution in [0.15, 0.2) is 91.0 Å². The molecule has 3 rings (SSSR count). The molecule has 1 unspecified atom stereocenters. The lowest BCUT2D eigenvalue weighted by Gasteiger charge is -2.37. The molecule has 3 aromatic rings. The monoisotopic (exact) mass is 402 g/mol. The number of methoxy groups -OCH3 is 1. The molecule has 156 valence electrons. The Morgan fingerprint density at radius 2 is 1.27 bits per heavy atom. The fraction of sp³-hybridized carbons (Fsp3) is 0.269. The van der Waals surface area contributed by atoms with Crippen molar-refractivity contribution >= 4 is 5.97 Å². The number of benzene rings is 3. The van der Waals surface area contributed by atoms with Crippen molar-refractivity contribution in [1.29, 1.82) is 0 Å². The summed E-state index contributed by atoms with van der Waals surface area (Å²) in [4.78, 5) is 11.5. The number of esters is 1. The van der Waals surface area contributed by atoms with E-state index in [1.807, 2.05) is 18.2 Å². The lowest BCUT2D eigenvalue weighted by Crippen LogP contribution is -2.45. The van der Waals surface area contributed by atoms with Crippen molar-refractivity contribution < 1.29 is 9.53 Å². The van der Waals surface area contributed by atoms with Gasteiger partial charge in [-0.2, -0.15) is 0 Å². The number of hydrogen-bond acceptors (Lipinski definition) is 4. The molecule has 0 radical (unpaired) electrons. The number of nitrogens with one attached hydrogen (secondary N) is 1. The zero-order valence-electron chi connectivity index (χ0n) is 17.5. The zero-order valence-corrected chi connectivity index (χ0v) is 17.5. The predicted molar refractivity (Wildman–Crippen MR) is 121 cm³/mol. The molecule has 0 bridgehead atoms. The number of hydrogen-bond donors (Lipinski definition) is 2. The van der Waals surface area contributed by atoms with Gasteiger partial charge in [-0.15, -0.1) is 0 Å². The molecule has 0 aliphatic carbocycles. The van der Waals surface area contributed by atoms with Crippen LogP contribution >= 0.6 is 0 Å². The summed E-state index contributed by atoms with van der Waals surface area (Å²) in [6.45, 7) is 0.784. The van der Waals surface area contributed by atoms with Gasteiger partial charge in [-0.3, -0.25) is 10.1 Å². The van der Waals surface area contributed by atoms with Crippen LogP contribution in [0.2, 0.25) is 0 Å². The van der Waals surface area contributed by atoms with E-state index in [4.69, 9.17) is 10.5 Å². The molecule has 0 spiro atoms. The molecule has 1 atom stereocenters. The van der Waals surface area contributed by atoms with E-state index in [0.717, 1.165) is 19.4 Å². The summed E-state index contributed by atoms with van der Waals surface area (Å²) in [6, 6.07) is 31.0. The predicted octanol–water partition coefficient (Wildman–Crippen LogP) is 4.24. The maximum Gasteiger partial charge on any atom is 0.322 e. The first kappa shape index (κ1) is 21.8. The molecule has 0 aliphatic heterocycles. The standard InChI is InChI=1S/C26H30N2O2/c1-30-25(29)24(27)19-11-12-20-28-26(21-13-5-2-6-14-21,22-15-7-3-8-16-22)23-17-9-4-10-18-23/h2-10,13-18,24,28H,11-12,19-20,27H2,1H3. The lowest BCUT2D eigenvalue weighted by atomic mass is 9.77. The Morgan fingerprint density at radius 1 is 0.833 bits per heavy atom. The highest BCUT2D eigenvalue weighted by Crippen LogP contribution is 2.36.